The predicted octanol–water partition coefficient (Wildman–Crippen LogP) is 7.10. The highest BCUT2D eigenvalue weighted by molar-refractivity contribution is 8.00. The van der Waals surface area contributed by atoms with E-state index in [0.29, 0.717) is 22.0 Å². The van der Waals surface area contributed by atoms with Crippen molar-refractivity contribution in [2.45, 2.75) is 18.7 Å². The van der Waals surface area contributed by atoms with Crippen molar-refractivity contribution in [3.63, 3.8) is 0 Å². The van der Waals surface area contributed by atoms with E-state index in [1.165, 1.54) is 11.8 Å². The van der Waals surface area contributed by atoms with Crippen LogP contribution in [0, 0.1) is 13.8 Å². The maximum Gasteiger partial charge on any atom is 0.272 e. The Morgan fingerprint density at radius 3 is 2.35 bits per heavy atom. The Balaban J connectivity index is 1.45. The van der Waals surface area contributed by atoms with Crippen molar-refractivity contribution < 1.29 is 14.4 Å². The summed E-state index contributed by atoms with van der Waals surface area (Å²) in [6.45, 7) is 3.81. The number of thioether (sulfide) groups is 1. The Labute approximate surface area is 242 Å². The third kappa shape index (κ3) is 8.09. The number of rotatable bonds is 9. The van der Waals surface area contributed by atoms with E-state index in [2.05, 4.69) is 16.0 Å². The molecule has 0 unspecified atom stereocenters. The quantitative estimate of drug-likeness (QED) is 0.148. The Morgan fingerprint density at radius 2 is 1.57 bits per heavy atom. The van der Waals surface area contributed by atoms with Crippen molar-refractivity contribution in [2.24, 2.45) is 0 Å². The molecule has 0 fully saturated rings. The van der Waals surface area contributed by atoms with Crippen LogP contribution in [-0.4, -0.2) is 23.5 Å². The van der Waals surface area contributed by atoms with Crippen LogP contribution in [0.4, 0.5) is 11.4 Å². The second-order valence-electron chi connectivity index (χ2n) is 9.02. The van der Waals surface area contributed by atoms with Gasteiger partial charge in [-0.05, 0) is 73.5 Å². The number of amides is 3. The van der Waals surface area contributed by atoms with E-state index in [1.54, 1.807) is 66.7 Å². The summed E-state index contributed by atoms with van der Waals surface area (Å²) in [4.78, 5) is 39.5. The molecule has 0 bridgehead atoms. The molecule has 40 heavy (non-hydrogen) atoms. The fraction of sp³-hybridized carbons (Fsp3) is 0.0938. The van der Waals surface area contributed by atoms with Crippen molar-refractivity contribution in [3.05, 3.63) is 130 Å². The maximum atomic E-state index is 13.3. The summed E-state index contributed by atoms with van der Waals surface area (Å²) in [5.41, 5.74) is 4.37. The van der Waals surface area contributed by atoms with Crippen molar-refractivity contribution >= 4 is 58.5 Å². The highest BCUT2D eigenvalue weighted by Crippen LogP contribution is 2.25. The van der Waals surface area contributed by atoms with E-state index in [4.69, 9.17) is 11.6 Å². The summed E-state index contributed by atoms with van der Waals surface area (Å²) in [5, 5.41) is 9.08. The Kier molecular flexibility index (Phi) is 9.78. The second-order valence-corrected chi connectivity index (χ2v) is 10.5. The van der Waals surface area contributed by atoms with Crippen LogP contribution in [0.2, 0.25) is 5.02 Å². The van der Waals surface area contributed by atoms with E-state index in [1.807, 2.05) is 50.2 Å². The van der Waals surface area contributed by atoms with Crippen LogP contribution in [0.1, 0.15) is 27.0 Å². The van der Waals surface area contributed by atoms with E-state index in [9.17, 15) is 14.4 Å². The average molecular weight is 570 g/mol. The minimum absolute atomic E-state index is 0.105. The normalized spacial score (nSPS) is 11.0. The first-order valence-corrected chi connectivity index (χ1v) is 13.9. The molecular weight excluding hydrogens is 542 g/mol. The Bertz CT molecular complexity index is 1570. The highest BCUT2D eigenvalue weighted by Gasteiger charge is 2.16. The zero-order valence-electron chi connectivity index (χ0n) is 22.0. The van der Waals surface area contributed by atoms with Crippen LogP contribution in [-0.2, 0) is 9.59 Å². The number of anilines is 2. The first-order valence-electron chi connectivity index (χ1n) is 12.5. The number of hydrogen-bond acceptors (Lipinski definition) is 4. The van der Waals surface area contributed by atoms with Gasteiger partial charge in [0.25, 0.3) is 11.8 Å². The lowest BCUT2D eigenvalue weighted by molar-refractivity contribution is -0.114. The van der Waals surface area contributed by atoms with Gasteiger partial charge in [0, 0.05) is 26.9 Å². The molecule has 0 aromatic heterocycles. The number of carbonyl (C=O) groups is 3. The number of halogens is 1. The van der Waals surface area contributed by atoms with Gasteiger partial charge in [-0.1, -0.05) is 71.8 Å². The molecule has 4 aromatic carbocycles. The van der Waals surface area contributed by atoms with Gasteiger partial charge < -0.3 is 16.0 Å². The fourth-order valence-electron chi connectivity index (χ4n) is 3.81. The van der Waals surface area contributed by atoms with Crippen LogP contribution in [0.25, 0.3) is 6.08 Å². The van der Waals surface area contributed by atoms with Gasteiger partial charge in [-0.25, -0.2) is 0 Å². The molecule has 4 aromatic rings. The molecular formula is C32H28ClN3O3S. The zero-order chi connectivity index (χ0) is 28.5. The summed E-state index contributed by atoms with van der Waals surface area (Å²) in [5.74, 6) is -0.853. The lowest BCUT2D eigenvalue weighted by Crippen LogP contribution is -2.30. The lowest BCUT2D eigenvalue weighted by atomic mass is 10.1. The predicted molar refractivity (Wildman–Crippen MR) is 164 cm³/mol. The van der Waals surface area contributed by atoms with Crippen LogP contribution >= 0.6 is 23.4 Å². The molecule has 0 aliphatic rings. The molecule has 0 aliphatic heterocycles. The molecule has 6 nitrogen and oxygen atoms in total. The standard InChI is InChI=1S/C32H28ClN3O3S/c1-21-9-6-10-23(17-21)18-29(36-31(38)24-11-4-3-5-12-24)32(39)34-25-13-7-14-26(19-25)40-20-30(37)35-28-16-8-15-27(33)22(28)2/h3-19H,20H2,1-2H3,(H,34,39)(H,35,37)(H,36,38)/b29-18+. The highest BCUT2D eigenvalue weighted by atomic mass is 35.5. The maximum absolute atomic E-state index is 13.3. The van der Waals surface area contributed by atoms with Gasteiger partial charge in [-0.3, -0.25) is 14.4 Å². The minimum Gasteiger partial charge on any atom is -0.325 e. The molecule has 3 N–H and O–H groups in total. The first kappa shape index (κ1) is 28.7. The molecule has 0 heterocycles. The third-order valence-corrected chi connectivity index (χ3v) is 7.29. The van der Waals surface area contributed by atoms with Gasteiger partial charge in [0.05, 0.1) is 5.75 Å². The first-order chi connectivity index (χ1) is 19.3. The van der Waals surface area contributed by atoms with Gasteiger partial charge in [0.15, 0.2) is 0 Å². The topological polar surface area (TPSA) is 87.3 Å². The molecule has 0 atom stereocenters. The molecule has 202 valence electrons. The summed E-state index contributed by atoms with van der Waals surface area (Å²) in [7, 11) is 0. The molecule has 0 aliphatic carbocycles. The van der Waals surface area contributed by atoms with Gasteiger partial charge in [-0.15, -0.1) is 11.8 Å². The summed E-state index contributed by atoms with van der Waals surface area (Å²) < 4.78 is 0. The summed E-state index contributed by atoms with van der Waals surface area (Å²) in [6.07, 6.45) is 1.64. The number of hydrogen-bond donors (Lipinski definition) is 3. The number of carbonyl (C=O) groups excluding carboxylic acids is 3. The van der Waals surface area contributed by atoms with Gasteiger partial charge in [-0.2, -0.15) is 0 Å². The van der Waals surface area contributed by atoms with E-state index < -0.39 is 5.91 Å². The largest absolute Gasteiger partial charge is 0.325 e. The van der Waals surface area contributed by atoms with Crippen molar-refractivity contribution in [3.8, 4) is 0 Å². The number of nitrogens with one attached hydrogen (secondary N) is 3. The van der Waals surface area contributed by atoms with E-state index >= 15 is 0 Å². The van der Waals surface area contributed by atoms with Crippen molar-refractivity contribution in [1.82, 2.24) is 5.32 Å². The Morgan fingerprint density at radius 1 is 0.825 bits per heavy atom. The second kappa shape index (κ2) is 13.6. The van der Waals surface area contributed by atoms with Crippen molar-refractivity contribution in [2.75, 3.05) is 16.4 Å². The van der Waals surface area contributed by atoms with Crippen LogP contribution in [0.15, 0.2) is 108 Å². The molecule has 4 rings (SSSR count). The number of aryl methyl sites for hydroxylation is 1. The van der Waals surface area contributed by atoms with Crippen LogP contribution < -0.4 is 16.0 Å². The lowest BCUT2D eigenvalue weighted by Gasteiger charge is -2.12. The van der Waals surface area contributed by atoms with Crippen molar-refractivity contribution in [1.29, 1.82) is 0 Å². The summed E-state index contributed by atoms with van der Waals surface area (Å²) >= 11 is 7.48. The van der Waals surface area contributed by atoms with E-state index in [-0.39, 0.29) is 23.3 Å². The molecule has 0 radical (unpaired) electrons. The minimum atomic E-state index is -0.470. The molecule has 0 saturated heterocycles. The zero-order valence-corrected chi connectivity index (χ0v) is 23.6. The SMILES string of the molecule is Cc1cccc(/C=C(/NC(=O)c2ccccc2)C(=O)Nc2cccc(SCC(=O)Nc3cccc(Cl)c3C)c2)c1. The summed E-state index contributed by atoms with van der Waals surface area (Å²) in [6, 6.07) is 28.9. The average Bonchev–Trinajstić information content (AvgIpc) is 2.95. The molecule has 3 amide bonds. The fourth-order valence-corrected chi connectivity index (χ4v) is 4.74. The molecule has 8 heteroatoms. The molecule has 0 spiro atoms. The van der Waals surface area contributed by atoms with Gasteiger partial charge in [0.1, 0.15) is 5.70 Å². The van der Waals surface area contributed by atoms with Crippen LogP contribution in [0.5, 0.6) is 0 Å². The van der Waals surface area contributed by atoms with Gasteiger partial charge >= 0.3 is 0 Å². The van der Waals surface area contributed by atoms with Gasteiger partial charge in [0.2, 0.25) is 5.91 Å². The van der Waals surface area contributed by atoms with Crippen LogP contribution in [0.3, 0.4) is 0 Å². The van der Waals surface area contributed by atoms with E-state index in [0.717, 1.165) is 21.6 Å². The monoisotopic (exact) mass is 569 g/mol. The third-order valence-electron chi connectivity index (χ3n) is 5.89. The number of benzene rings is 4. The Hall–Kier alpha value is -4.33. The smallest absolute Gasteiger partial charge is 0.272 e. The molecule has 0 saturated carbocycles.